The largest absolute Gasteiger partial charge is 0.369 e. The molecule has 0 aliphatic heterocycles. The van der Waals surface area contributed by atoms with Crippen LogP contribution in [0.3, 0.4) is 0 Å². The smallest absolute Gasteiger partial charge is 0.246 e. The molecule has 0 aliphatic carbocycles. The lowest BCUT2D eigenvalue weighted by Gasteiger charge is -2.42. The molecule has 0 rings (SSSR count). The average Bonchev–Trinajstić information content (AvgIpc) is 2.61. The van der Waals surface area contributed by atoms with Gasteiger partial charge in [0.05, 0.1) is 27.8 Å². The van der Waals surface area contributed by atoms with Gasteiger partial charge in [0.25, 0.3) is 0 Å². The summed E-state index contributed by atoms with van der Waals surface area (Å²) in [5.41, 5.74) is 0.122. The Morgan fingerprint density at radius 1 is 1.13 bits per heavy atom. The Kier molecular flexibility index (Phi) is 15.6. The van der Waals surface area contributed by atoms with E-state index in [1.165, 1.54) is 12.8 Å². The number of rotatable bonds is 15. The van der Waals surface area contributed by atoms with Crippen LogP contribution in [0.5, 0.6) is 0 Å². The minimum absolute atomic E-state index is 0.0475. The van der Waals surface area contributed by atoms with Crippen molar-refractivity contribution >= 4 is 35.6 Å². The van der Waals surface area contributed by atoms with Crippen LogP contribution in [-0.4, -0.2) is 51.5 Å². The van der Waals surface area contributed by atoms with Gasteiger partial charge in [-0.05, 0) is 17.4 Å². The molecule has 1 unspecified atom stereocenters. The molecule has 0 bridgehead atoms. The normalized spacial score (nSPS) is 13.3. The van der Waals surface area contributed by atoms with Gasteiger partial charge in [0.1, 0.15) is 12.0 Å². The van der Waals surface area contributed by atoms with Gasteiger partial charge in [-0.1, -0.05) is 101 Å². The van der Waals surface area contributed by atoms with Crippen molar-refractivity contribution in [2.45, 2.75) is 84.5 Å². The third kappa shape index (κ3) is 14.0. The molecule has 0 spiro atoms. The molecule has 0 fully saturated rings. The summed E-state index contributed by atoms with van der Waals surface area (Å²) in [7, 11) is 2.37. The third-order valence-electron chi connectivity index (χ3n) is 5.18. The number of ether oxygens (including phenoxy) is 2. The highest BCUT2D eigenvalue weighted by atomic mass is 33.1. The molecule has 0 aliphatic rings. The van der Waals surface area contributed by atoms with Crippen molar-refractivity contribution in [3.63, 3.8) is 0 Å². The van der Waals surface area contributed by atoms with Gasteiger partial charge in [-0.2, -0.15) is 0 Å². The van der Waals surface area contributed by atoms with Crippen molar-refractivity contribution < 1.29 is 14.3 Å². The molecule has 0 saturated heterocycles. The van der Waals surface area contributed by atoms with E-state index < -0.39 is 8.07 Å². The molecule has 30 heavy (non-hydrogen) atoms. The van der Waals surface area contributed by atoms with E-state index in [1.54, 1.807) is 0 Å². The van der Waals surface area contributed by atoms with Gasteiger partial charge in [0.15, 0.2) is 0 Å². The summed E-state index contributed by atoms with van der Waals surface area (Å²) in [5, 5.41) is 2.88. The summed E-state index contributed by atoms with van der Waals surface area (Å²) in [6, 6.07) is 0. The van der Waals surface area contributed by atoms with Crippen LogP contribution in [0.15, 0.2) is 0 Å². The number of hydrogen-bond acceptors (Lipinski definition) is 5. The highest BCUT2D eigenvalue weighted by Gasteiger charge is 2.42. The molecule has 4 nitrogen and oxygen atoms in total. The van der Waals surface area contributed by atoms with Crippen molar-refractivity contribution in [1.82, 2.24) is 5.32 Å². The van der Waals surface area contributed by atoms with Crippen LogP contribution >= 0.6 is 21.6 Å². The molecule has 1 N–H and O–H groups in total. The van der Waals surface area contributed by atoms with Gasteiger partial charge in [0, 0.05) is 11.7 Å². The van der Waals surface area contributed by atoms with E-state index in [0.717, 1.165) is 11.7 Å². The second-order valence-electron chi connectivity index (χ2n) is 9.93. The van der Waals surface area contributed by atoms with E-state index >= 15 is 0 Å². The van der Waals surface area contributed by atoms with Gasteiger partial charge in [0.2, 0.25) is 5.91 Å². The first-order valence-electron chi connectivity index (χ1n) is 11.1. The number of hydrogen-bond donors (Lipinski definition) is 1. The summed E-state index contributed by atoms with van der Waals surface area (Å²) in [4.78, 5) is 11.8. The number of amides is 1. The molecule has 176 valence electrons. The van der Waals surface area contributed by atoms with Crippen LogP contribution in [0, 0.1) is 23.7 Å². The summed E-state index contributed by atoms with van der Waals surface area (Å²) in [5.74, 6) is 8.05. The van der Waals surface area contributed by atoms with Gasteiger partial charge in [-0.3, -0.25) is 4.79 Å². The highest BCUT2D eigenvalue weighted by molar-refractivity contribution is 8.76. The second-order valence-corrected chi connectivity index (χ2v) is 18.3. The number of carbonyl (C=O) groups is 1. The summed E-state index contributed by atoms with van der Waals surface area (Å²) in [6.45, 7) is 21.8. The maximum atomic E-state index is 11.8. The molecule has 7 heteroatoms. The fourth-order valence-electron chi connectivity index (χ4n) is 2.20. The first kappa shape index (κ1) is 29.9. The average molecular weight is 476 g/mol. The highest BCUT2D eigenvalue weighted by Crippen LogP contribution is 2.49. The van der Waals surface area contributed by atoms with Crippen molar-refractivity contribution in [3.8, 4) is 11.8 Å². The fourth-order valence-corrected chi connectivity index (χ4v) is 7.28. The van der Waals surface area contributed by atoms with E-state index in [2.05, 4.69) is 64.5 Å². The SMILES string of the molecule is CC(C)C#CCNC(=O)COCCOC(SSCCCC(C)C)C(C)(C)[Si](C)(C)C. The molecule has 0 aromatic carbocycles. The number of carbonyl (C=O) groups excluding carboxylic acids is 1. The van der Waals surface area contributed by atoms with E-state index in [0.29, 0.717) is 25.7 Å². The lowest BCUT2D eigenvalue weighted by atomic mass is 10.1. The minimum atomic E-state index is -1.42. The van der Waals surface area contributed by atoms with Gasteiger partial charge < -0.3 is 14.8 Å². The first-order chi connectivity index (χ1) is 13.9. The summed E-state index contributed by atoms with van der Waals surface area (Å²) < 4.78 is 11.8. The van der Waals surface area contributed by atoms with Gasteiger partial charge in [-0.15, -0.1) is 0 Å². The van der Waals surface area contributed by atoms with Crippen LogP contribution in [0.25, 0.3) is 0 Å². The zero-order chi connectivity index (χ0) is 23.2. The Bertz CT molecular complexity index is 537. The maximum absolute atomic E-state index is 11.8. The summed E-state index contributed by atoms with van der Waals surface area (Å²) in [6.07, 6.45) is 2.52. The van der Waals surface area contributed by atoms with Crippen molar-refractivity contribution in [1.29, 1.82) is 0 Å². The fraction of sp³-hybridized carbons (Fsp3) is 0.870. The molecule has 0 aromatic rings. The van der Waals surface area contributed by atoms with Crippen LogP contribution in [-0.2, 0) is 14.3 Å². The topological polar surface area (TPSA) is 47.6 Å². The Labute approximate surface area is 195 Å². The molecule has 0 radical (unpaired) electrons. The first-order valence-corrected chi connectivity index (χ1v) is 17.0. The molecular weight excluding hydrogens is 430 g/mol. The van der Waals surface area contributed by atoms with Crippen LogP contribution < -0.4 is 5.32 Å². The Hall–Kier alpha value is -0.133. The molecule has 0 aromatic heterocycles. The van der Waals surface area contributed by atoms with E-state index in [9.17, 15) is 4.79 Å². The standard InChI is InChI=1S/C23H45NO3S2Si/c1-19(2)12-10-14-24-21(25)18-26-15-16-27-22(23(5,6)30(7,8)9)29-28-17-11-13-20(3)4/h19-20,22H,11,13-18H2,1-9H3,(H,24,25). The quantitative estimate of drug-likeness (QED) is 0.103. The maximum Gasteiger partial charge on any atom is 0.246 e. The van der Waals surface area contributed by atoms with E-state index in [-0.39, 0.29) is 23.0 Å². The van der Waals surface area contributed by atoms with Crippen LogP contribution in [0.1, 0.15) is 54.4 Å². The van der Waals surface area contributed by atoms with Gasteiger partial charge >= 0.3 is 0 Å². The zero-order valence-corrected chi connectivity index (χ0v) is 23.4. The number of nitrogens with one attached hydrogen (secondary N) is 1. The predicted molar refractivity (Wildman–Crippen MR) is 138 cm³/mol. The molecule has 0 heterocycles. The lowest BCUT2D eigenvalue weighted by Crippen LogP contribution is -2.43. The molecule has 1 amide bonds. The lowest BCUT2D eigenvalue weighted by molar-refractivity contribution is -0.126. The molecule has 1 atom stereocenters. The van der Waals surface area contributed by atoms with Crippen molar-refractivity contribution in [2.24, 2.45) is 11.8 Å². The van der Waals surface area contributed by atoms with Crippen LogP contribution in [0.2, 0.25) is 24.7 Å². The summed E-state index contributed by atoms with van der Waals surface area (Å²) >= 11 is 0. The predicted octanol–water partition coefficient (Wildman–Crippen LogP) is 6.06. The van der Waals surface area contributed by atoms with E-state index in [1.807, 2.05) is 35.4 Å². The third-order valence-corrected chi connectivity index (χ3v) is 12.4. The Morgan fingerprint density at radius 3 is 2.37 bits per heavy atom. The zero-order valence-electron chi connectivity index (χ0n) is 20.7. The van der Waals surface area contributed by atoms with Crippen LogP contribution in [0.4, 0.5) is 0 Å². The molecular formula is C23H45NO3S2Si. The monoisotopic (exact) mass is 475 g/mol. The van der Waals surface area contributed by atoms with Gasteiger partial charge in [-0.25, -0.2) is 0 Å². The Balaban J connectivity index is 4.35. The molecule has 0 saturated carbocycles. The van der Waals surface area contributed by atoms with Crippen molar-refractivity contribution in [3.05, 3.63) is 0 Å². The minimum Gasteiger partial charge on any atom is -0.369 e. The van der Waals surface area contributed by atoms with Crippen molar-refractivity contribution in [2.75, 3.05) is 32.1 Å². The van der Waals surface area contributed by atoms with E-state index in [4.69, 9.17) is 9.47 Å². The Morgan fingerprint density at radius 2 is 1.80 bits per heavy atom. The second kappa shape index (κ2) is 15.6.